The molecular formula is C28H29F3N6O3. The van der Waals surface area contributed by atoms with Crippen LogP contribution in [0.2, 0.25) is 0 Å². The third kappa shape index (κ3) is 4.45. The molecule has 0 bridgehead atoms. The molecule has 1 saturated carbocycles. The van der Waals surface area contributed by atoms with Gasteiger partial charge in [-0.15, -0.1) is 0 Å². The third-order valence-electron chi connectivity index (χ3n) is 7.98. The predicted octanol–water partition coefficient (Wildman–Crippen LogP) is 4.87. The lowest BCUT2D eigenvalue weighted by atomic mass is 10.0. The van der Waals surface area contributed by atoms with E-state index in [1.807, 2.05) is 18.2 Å². The van der Waals surface area contributed by atoms with Crippen molar-refractivity contribution in [1.82, 2.24) is 19.8 Å². The Balaban J connectivity index is 1.31. The molecule has 3 aliphatic rings. The number of fused-ring (bicyclic) bond motifs is 2. The molecule has 9 nitrogen and oxygen atoms in total. The number of amides is 1. The van der Waals surface area contributed by atoms with Crippen molar-refractivity contribution in [2.45, 2.75) is 24.6 Å². The Morgan fingerprint density at radius 3 is 2.45 bits per heavy atom. The van der Waals surface area contributed by atoms with E-state index in [0.29, 0.717) is 17.6 Å². The monoisotopic (exact) mass is 554 g/mol. The summed E-state index contributed by atoms with van der Waals surface area (Å²) in [4.78, 5) is 27.2. The van der Waals surface area contributed by atoms with Gasteiger partial charge in [-0.2, -0.15) is 18.2 Å². The summed E-state index contributed by atoms with van der Waals surface area (Å²) in [5, 5.41) is 2.96. The lowest BCUT2D eigenvalue weighted by Crippen LogP contribution is -2.44. The van der Waals surface area contributed by atoms with Crippen LogP contribution in [-0.4, -0.2) is 73.1 Å². The molecule has 3 heterocycles. The minimum Gasteiger partial charge on any atom is -0.494 e. The van der Waals surface area contributed by atoms with Gasteiger partial charge in [0.25, 0.3) is 5.91 Å². The highest BCUT2D eigenvalue weighted by molar-refractivity contribution is 6.03. The number of carbonyl (C=O) groups excluding carboxylic acids is 1. The van der Waals surface area contributed by atoms with Gasteiger partial charge in [0.15, 0.2) is 0 Å². The molecule has 2 fully saturated rings. The van der Waals surface area contributed by atoms with Gasteiger partial charge in [-0.3, -0.25) is 4.79 Å². The summed E-state index contributed by atoms with van der Waals surface area (Å²) in [6.45, 7) is 3.63. The molecule has 2 aromatic carbocycles. The Morgan fingerprint density at radius 1 is 1.02 bits per heavy atom. The van der Waals surface area contributed by atoms with E-state index in [1.54, 1.807) is 24.1 Å². The van der Waals surface area contributed by atoms with Gasteiger partial charge in [0.2, 0.25) is 11.8 Å². The summed E-state index contributed by atoms with van der Waals surface area (Å²) in [5.41, 5.74) is 0.957. The smallest absolute Gasteiger partial charge is 0.423 e. The molecule has 3 aromatic rings. The molecule has 12 heteroatoms. The van der Waals surface area contributed by atoms with Gasteiger partial charge in [0.05, 0.1) is 23.9 Å². The van der Waals surface area contributed by atoms with E-state index in [2.05, 4.69) is 32.1 Å². The van der Waals surface area contributed by atoms with Crippen molar-refractivity contribution in [2.24, 2.45) is 0 Å². The maximum absolute atomic E-state index is 13.9. The second-order valence-corrected chi connectivity index (χ2v) is 10.4. The number of anilines is 3. The first-order chi connectivity index (χ1) is 19.1. The predicted molar refractivity (Wildman–Crippen MR) is 143 cm³/mol. The number of aromatic nitrogens is 2. The number of methoxy groups -OCH3 is 1. The molecule has 1 aromatic heterocycles. The third-order valence-corrected chi connectivity index (χ3v) is 7.98. The molecule has 1 saturated heterocycles. The van der Waals surface area contributed by atoms with Crippen LogP contribution in [0.3, 0.4) is 0 Å². The molecule has 6 rings (SSSR count). The molecular weight excluding hydrogens is 525 g/mol. The first-order valence-corrected chi connectivity index (χ1v) is 13.0. The number of piperazine rings is 1. The fraction of sp³-hybridized carbons (Fsp3) is 0.393. The maximum Gasteiger partial charge on any atom is 0.423 e. The van der Waals surface area contributed by atoms with Crippen LogP contribution < -0.4 is 19.7 Å². The van der Waals surface area contributed by atoms with Crippen LogP contribution >= 0.6 is 0 Å². The fourth-order valence-corrected chi connectivity index (χ4v) is 5.46. The minimum atomic E-state index is -4.77. The molecule has 1 aliphatic carbocycles. The van der Waals surface area contributed by atoms with Crippen molar-refractivity contribution in [1.29, 1.82) is 0 Å². The summed E-state index contributed by atoms with van der Waals surface area (Å²) >= 11 is 0. The van der Waals surface area contributed by atoms with Gasteiger partial charge in [-0.05, 0) is 43.7 Å². The van der Waals surface area contributed by atoms with Crippen LogP contribution in [0.4, 0.5) is 30.5 Å². The van der Waals surface area contributed by atoms with Crippen LogP contribution in [0, 0.1) is 0 Å². The van der Waals surface area contributed by atoms with Crippen LogP contribution in [0.5, 0.6) is 17.4 Å². The summed E-state index contributed by atoms with van der Waals surface area (Å²) in [6, 6.07) is 10.6. The normalized spacial score (nSPS) is 18.2. The SMILES string of the molecule is COc1cc(N2CCN(C)CC2)ccc1Nc1ncc(C(F)(F)F)c(Oc2cccc3c2C(=O)N(C)C32CC2)n1. The molecule has 1 spiro atoms. The molecule has 2 aliphatic heterocycles. The van der Waals surface area contributed by atoms with Gasteiger partial charge in [-0.25, -0.2) is 4.98 Å². The second-order valence-electron chi connectivity index (χ2n) is 10.4. The number of rotatable bonds is 6. The zero-order valence-electron chi connectivity index (χ0n) is 22.4. The van der Waals surface area contributed by atoms with Gasteiger partial charge < -0.3 is 29.5 Å². The Kier molecular flexibility index (Phi) is 6.25. The fourth-order valence-electron chi connectivity index (χ4n) is 5.46. The van der Waals surface area contributed by atoms with Gasteiger partial charge in [0, 0.05) is 51.2 Å². The summed E-state index contributed by atoms with van der Waals surface area (Å²) < 4.78 is 53.1. The maximum atomic E-state index is 13.9. The summed E-state index contributed by atoms with van der Waals surface area (Å²) in [5.74, 6) is -0.565. The number of ether oxygens (including phenoxy) is 2. The van der Waals surface area contributed by atoms with E-state index in [-0.39, 0.29) is 23.2 Å². The van der Waals surface area contributed by atoms with E-state index in [9.17, 15) is 18.0 Å². The van der Waals surface area contributed by atoms with Gasteiger partial charge >= 0.3 is 6.18 Å². The first kappa shape index (κ1) is 26.2. The van der Waals surface area contributed by atoms with Crippen LogP contribution in [0.25, 0.3) is 0 Å². The van der Waals surface area contributed by atoms with Crippen molar-refractivity contribution < 1.29 is 27.4 Å². The average Bonchev–Trinajstić information content (AvgIpc) is 3.71. The molecule has 0 radical (unpaired) electrons. The zero-order valence-corrected chi connectivity index (χ0v) is 22.4. The number of hydrogen-bond donors (Lipinski definition) is 1. The highest BCUT2D eigenvalue weighted by Crippen LogP contribution is 2.57. The Labute approximate surface area is 229 Å². The Morgan fingerprint density at radius 2 is 1.77 bits per heavy atom. The minimum absolute atomic E-state index is 0.0300. The molecule has 1 N–H and O–H groups in total. The zero-order chi connectivity index (χ0) is 28.2. The number of halogens is 3. The van der Waals surface area contributed by atoms with Crippen LogP contribution in [0.1, 0.15) is 34.3 Å². The quantitative estimate of drug-likeness (QED) is 0.463. The van der Waals surface area contributed by atoms with E-state index < -0.39 is 23.2 Å². The van der Waals surface area contributed by atoms with Crippen molar-refractivity contribution in [3.63, 3.8) is 0 Å². The van der Waals surface area contributed by atoms with Crippen molar-refractivity contribution in [2.75, 3.05) is 57.6 Å². The van der Waals surface area contributed by atoms with E-state index in [0.717, 1.165) is 50.3 Å². The Bertz CT molecular complexity index is 1470. The molecule has 40 heavy (non-hydrogen) atoms. The summed E-state index contributed by atoms with van der Waals surface area (Å²) in [6.07, 6.45) is -2.49. The second kappa shape index (κ2) is 9.54. The van der Waals surface area contributed by atoms with E-state index >= 15 is 0 Å². The van der Waals surface area contributed by atoms with Crippen molar-refractivity contribution >= 4 is 23.2 Å². The number of alkyl halides is 3. The molecule has 1 amide bonds. The lowest BCUT2D eigenvalue weighted by molar-refractivity contribution is -0.139. The van der Waals surface area contributed by atoms with Crippen molar-refractivity contribution in [3.05, 3.63) is 59.3 Å². The number of likely N-dealkylation sites (N-methyl/N-ethyl adjacent to an activating group) is 1. The largest absolute Gasteiger partial charge is 0.494 e. The standard InChI is InChI=1S/C28H29F3N6O3/c1-35-11-13-37(14-12-35)17-7-8-20(22(15-17)39-3)33-26-32-16-19(28(29,30)31)24(34-26)40-21-6-4-5-18-23(21)25(38)36(2)27(18)9-10-27/h4-8,15-16H,9-14H2,1-3H3,(H,32,33,34). The number of carbonyl (C=O) groups is 1. The van der Waals surface area contributed by atoms with Gasteiger partial charge in [0.1, 0.15) is 17.1 Å². The summed E-state index contributed by atoms with van der Waals surface area (Å²) in [7, 11) is 5.31. The number of hydrogen-bond acceptors (Lipinski definition) is 8. The topological polar surface area (TPSA) is 83.1 Å². The number of nitrogens with zero attached hydrogens (tertiary/aromatic N) is 5. The van der Waals surface area contributed by atoms with Crippen LogP contribution in [-0.2, 0) is 11.7 Å². The van der Waals surface area contributed by atoms with Gasteiger partial charge in [-0.1, -0.05) is 12.1 Å². The lowest BCUT2D eigenvalue weighted by Gasteiger charge is -2.34. The van der Waals surface area contributed by atoms with E-state index in [4.69, 9.17) is 9.47 Å². The number of benzene rings is 2. The van der Waals surface area contributed by atoms with Crippen LogP contribution in [0.15, 0.2) is 42.6 Å². The molecule has 210 valence electrons. The van der Waals surface area contributed by atoms with E-state index in [1.165, 1.54) is 13.2 Å². The van der Waals surface area contributed by atoms with Crippen molar-refractivity contribution in [3.8, 4) is 17.4 Å². The highest BCUT2D eigenvalue weighted by Gasteiger charge is 2.57. The number of nitrogens with one attached hydrogen (secondary N) is 1. The molecule has 0 atom stereocenters. The Hall–Kier alpha value is -4.06. The molecule has 0 unspecified atom stereocenters. The average molecular weight is 555 g/mol. The highest BCUT2D eigenvalue weighted by atomic mass is 19.4. The first-order valence-electron chi connectivity index (χ1n) is 13.0.